The number of rotatable bonds is 5. The van der Waals surface area contributed by atoms with Crippen LogP contribution in [0.5, 0.6) is 11.5 Å². The Labute approximate surface area is 192 Å². The summed E-state index contributed by atoms with van der Waals surface area (Å²) >= 11 is 0. The summed E-state index contributed by atoms with van der Waals surface area (Å²) < 4.78 is 11.2. The summed E-state index contributed by atoms with van der Waals surface area (Å²) in [5.74, 6) is 0.773. The van der Waals surface area contributed by atoms with E-state index in [9.17, 15) is 14.4 Å². The van der Waals surface area contributed by atoms with E-state index < -0.39 is 5.92 Å². The van der Waals surface area contributed by atoms with E-state index in [1.54, 1.807) is 17.0 Å². The van der Waals surface area contributed by atoms with Crippen LogP contribution in [0.4, 0.5) is 11.4 Å². The van der Waals surface area contributed by atoms with Crippen LogP contribution in [0.1, 0.15) is 31.2 Å². The molecular weight excluding hydrogens is 422 g/mol. The summed E-state index contributed by atoms with van der Waals surface area (Å²) in [7, 11) is 0. The summed E-state index contributed by atoms with van der Waals surface area (Å²) in [6, 6.07) is 13.1. The Bertz CT molecular complexity index is 1090. The second-order valence-electron chi connectivity index (χ2n) is 8.62. The normalized spacial score (nSPS) is 20.2. The number of hydrogen-bond donors (Lipinski definition) is 1. The van der Waals surface area contributed by atoms with Crippen molar-refractivity contribution in [1.82, 2.24) is 5.32 Å². The van der Waals surface area contributed by atoms with E-state index in [0.29, 0.717) is 49.9 Å². The molecule has 2 aromatic rings. The minimum atomic E-state index is -0.419. The molecule has 2 fully saturated rings. The van der Waals surface area contributed by atoms with Gasteiger partial charge in [0.1, 0.15) is 13.2 Å². The van der Waals surface area contributed by atoms with Gasteiger partial charge in [0.25, 0.3) is 0 Å². The van der Waals surface area contributed by atoms with Crippen LogP contribution in [0.3, 0.4) is 0 Å². The number of nitrogens with zero attached hydrogens (tertiary/aromatic N) is 2. The number of amides is 3. The van der Waals surface area contributed by atoms with E-state index in [1.807, 2.05) is 35.2 Å². The molecule has 3 aliphatic rings. The Morgan fingerprint density at radius 1 is 0.939 bits per heavy atom. The van der Waals surface area contributed by atoms with E-state index in [4.69, 9.17) is 9.47 Å². The monoisotopic (exact) mass is 449 g/mol. The molecule has 5 rings (SSSR count). The summed E-state index contributed by atoms with van der Waals surface area (Å²) in [5, 5.41) is 2.96. The number of anilines is 2. The molecule has 8 nitrogen and oxygen atoms in total. The topological polar surface area (TPSA) is 88.2 Å². The maximum absolute atomic E-state index is 12.8. The highest BCUT2D eigenvalue weighted by Crippen LogP contribution is 2.36. The highest BCUT2D eigenvalue weighted by atomic mass is 16.6. The smallest absolute Gasteiger partial charge is 0.227 e. The number of carbonyl (C=O) groups excluding carboxylic acids is 3. The number of benzene rings is 2. The Hall–Kier alpha value is -3.55. The molecule has 3 aliphatic heterocycles. The molecule has 0 bridgehead atoms. The lowest BCUT2D eigenvalue weighted by molar-refractivity contribution is -0.126. The maximum atomic E-state index is 12.8. The van der Waals surface area contributed by atoms with Crippen molar-refractivity contribution in [3.63, 3.8) is 0 Å². The second kappa shape index (κ2) is 9.13. The van der Waals surface area contributed by atoms with Gasteiger partial charge in [-0.2, -0.15) is 0 Å². The quantitative estimate of drug-likeness (QED) is 0.758. The summed E-state index contributed by atoms with van der Waals surface area (Å²) in [5.41, 5.74) is 2.50. The third-order valence-electron chi connectivity index (χ3n) is 6.35. The molecule has 0 aliphatic carbocycles. The molecule has 1 N–H and O–H groups in total. The number of fused-ring (bicyclic) bond motifs is 1. The highest BCUT2D eigenvalue weighted by Gasteiger charge is 2.35. The standard InChI is InChI=1S/C25H27N3O5/c29-23-6-1-2-9-27(23)19-5-3-4-17(12-19)15-26-25(31)18-13-24(30)28(16-18)20-7-8-21-22(14-20)33-11-10-32-21/h3-5,7-8,12,14,18H,1-2,6,9-11,13,15-16H2,(H,26,31). The Kier molecular flexibility index (Phi) is 5.90. The van der Waals surface area contributed by atoms with Gasteiger partial charge < -0.3 is 24.6 Å². The van der Waals surface area contributed by atoms with E-state index in [1.165, 1.54) is 0 Å². The molecule has 3 amide bonds. The fraction of sp³-hybridized carbons (Fsp3) is 0.400. The molecule has 0 spiro atoms. The Balaban J connectivity index is 1.20. The number of hydrogen-bond acceptors (Lipinski definition) is 5. The maximum Gasteiger partial charge on any atom is 0.227 e. The van der Waals surface area contributed by atoms with Gasteiger partial charge in [0.2, 0.25) is 17.7 Å². The molecule has 172 valence electrons. The van der Waals surface area contributed by atoms with E-state index in [2.05, 4.69) is 5.32 Å². The first-order valence-electron chi connectivity index (χ1n) is 11.5. The minimum absolute atomic E-state index is 0.0857. The number of piperidine rings is 1. The lowest BCUT2D eigenvalue weighted by Gasteiger charge is -2.27. The first-order valence-corrected chi connectivity index (χ1v) is 11.5. The lowest BCUT2D eigenvalue weighted by Crippen LogP contribution is -2.35. The molecule has 1 unspecified atom stereocenters. The van der Waals surface area contributed by atoms with Gasteiger partial charge in [-0.1, -0.05) is 12.1 Å². The number of nitrogens with one attached hydrogen (secondary N) is 1. The number of ether oxygens (including phenoxy) is 2. The number of carbonyl (C=O) groups is 3. The molecule has 8 heteroatoms. The van der Waals surface area contributed by atoms with E-state index >= 15 is 0 Å². The van der Waals surface area contributed by atoms with Crippen LogP contribution in [0.2, 0.25) is 0 Å². The zero-order valence-corrected chi connectivity index (χ0v) is 18.4. The Morgan fingerprint density at radius 3 is 2.61 bits per heavy atom. The molecule has 3 heterocycles. The highest BCUT2D eigenvalue weighted by molar-refractivity contribution is 6.00. The summed E-state index contributed by atoms with van der Waals surface area (Å²) in [4.78, 5) is 41.1. The fourth-order valence-electron chi connectivity index (χ4n) is 4.58. The van der Waals surface area contributed by atoms with Crippen molar-refractivity contribution >= 4 is 29.1 Å². The van der Waals surface area contributed by atoms with Crippen LogP contribution in [0.25, 0.3) is 0 Å². The SMILES string of the molecule is O=C(NCc1cccc(N2CCCCC2=O)c1)C1CC(=O)N(c2ccc3c(c2)OCCO3)C1. The predicted octanol–water partition coefficient (Wildman–Crippen LogP) is 2.64. The van der Waals surface area contributed by atoms with Crippen molar-refractivity contribution < 1.29 is 23.9 Å². The van der Waals surface area contributed by atoms with Gasteiger partial charge in [-0.15, -0.1) is 0 Å². The average Bonchev–Trinajstić information content (AvgIpc) is 3.24. The third kappa shape index (κ3) is 4.51. The van der Waals surface area contributed by atoms with Crippen LogP contribution in [-0.4, -0.2) is 44.0 Å². The molecule has 33 heavy (non-hydrogen) atoms. The van der Waals surface area contributed by atoms with Gasteiger partial charge in [0.05, 0.1) is 5.92 Å². The van der Waals surface area contributed by atoms with Gasteiger partial charge in [0.15, 0.2) is 11.5 Å². The van der Waals surface area contributed by atoms with Crippen LogP contribution >= 0.6 is 0 Å². The van der Waals surface area contributed by atoms with E-state index in [0.717, 1.165) is 30.6 Å². The van der Waals surface area contributed by atoms with E-state index in [-0.39, 0.29) is 24.1 Å². The van der Waals surface area contributed by atoms with Crippen molar-refractivity contribution in [3.8, 4) is 11.5 Å². The van der Waals surface area contributed by atoms with Gasteiger partial charge in [-0.05, 0) is 42.7 Å². The zero-order valence-electron chi connectivity index (χ0n) is 18.4. The molecule has 2 saturated heterocycles. The molecule has 0 saturated carbocycles. The van der Waals surface area contributed by atoms with Crippen molar-refractivity contribution in [2.24, 2.45) is 5.92 Å². The first-order chi connectivity index (χ1) is 16.1. The average molecular weight is 450 g/mol. The molecule has 1 atom stereocenters. The van der Waals surface area contributed by atoms with Crippen molar-refractivity contribution in [3.05, 3.63) is 48.0 Å². The summed E-state index contributed by atoms with van der Waals surface area (Å²) in [6.45, 7) is 2.39. The van der Waals surface area contributed by atoms with Crippen LogP contribution in [-0.2, 0) is 20.9 Å². The molecule has 2 aromatic carbocycles. The predicted molar refractivity (Wildman–Crippen MR) is 122 cm³/mol. The second-order valence-corrected chi connectivity index (χ2v) is 8.62. The van der Waals surface area contributed by atoms with Gasteiger partial charge in [-0.3, -0.25) is 14.4 Å². The van der Waals surface area contributed by atoms with Crippen LogP contribution < -0.4 is 24.6 Å². The first kappa shape index (κ1) is 21.3. The van der Waals surface area contributed by atoms with Gasteiger partial charge in [-0.25, -0.2) is 0 Å². The van der Waals surface area contributed by atoms with Crippen molar-refractivity contribution in [2.45, 2.75) is 32.2 Å². The molecule has 0 radical (unpaired) electrons. The van der Waals surface area contributed by atoms with Crippen molar-refractivity contribution in [2.75, 3.05) is 36.1 Å². The van der Waals surface area contributed by atoms with Gasteiger partial charge in [0, 0.05) is 49.9 Å². The molecular formula is C25H27N3O5. The lowest BCUT2D eigenvalue weighted by atomic mass is 10.1. The fourth-order valence-corrected chi connectivity index (χ4v) is 4.58. The third-order valence-corrected chi connectivity index (χ3v) is 6.35. The molecule has 0 aromatic heterocycles. The van der Waals surface area contributed by atoms with Crippen molar-refractivity contribution in [1.29, 1.82) is 0 Å². The largest absolute Gasteiger partial charge is 0.486 e. The summed E-state index contributed by atoms with van der Waals surface area (Å²) in [6.07, 6.45) is 2.69. The Morgan fingerprint density at radius 2 is 1.76 bits per heavy atom. The van der Waals surface area contributed by atoms with Crippen LogP contribution in [0.15, 0.2) is 42.5 Å². The zero-order chi connectivity index (χ0) is 22.8. The minimum Gasteiger partial charge on any atom is -0.486 e. The van der Waals surface area contributed by atoms with Crippen LogP contribution in [0, 0.1) is 5.92 Å². The van der Waals surface area contributed by atoms with Gasteiger partial charge >= 0.3 is 0 Å².